The van der Waals surface area contributed by atoms with E-state index in [9.17, 15) is 9.59 Å². The third-order valence-corrected chi connectivity index (χ3v) is 7.30. The molecule has 0 bridgehead atoms. The molecule has 0 aliphatic carbocycles. The van der Waals surface area contributed by atoms with E-state index < -0.39 is 10.7 Å². The van der Waals surface area contributed by atoms with Gasteiger partial charge in [0.1, 0.15) is 0 Å². The Hall–Kier alpha value is -3.83. The number of carbonyl (C=O) groups excluding carboxylic acids is 2. The van der Waals surface area contributed by atoms with Crippen LogP contribution in [0.1, 0.15) is 17.0 Å². The number of nitrogens with one attached hydrogen (secondary N) is 1. The van der Waals surface area contributed by atoms with Crippen molar-refractivity contribution in [1.29, 1.82) is 0 Å². The van der Waals surface area contributed by atoms with Crippen LogP contribution < -0.4 is 9.62 Å². The summed E-state index contributed by atoms with van der Waals surface area (Å²) in [7, 11) is 0. The van der Waals surface area contributed by atoms with Crippen LogP contribution in [0.4, 0.5) is 11.4 Å². The molecule has 1 saturated heterocycles. The smallest absolute Gasteiger partial charge is 0.248 e. The lowest BCUT2D eigenvalue weighted by molar-refractivity contribution is -0.124. The highest BCUT2D eigenvalue weighted by atomic mass is 32.2. The Morgan fingerprint density at radius 2 is 1.24 bits per heavy atom. The van der Waals surface area contributed by atoms with Crippen molar-refractivity contribution in [2.75, 3.05) is 9.62 Å². The molecule has 0 radical (unpaired) electrons. The lowest BCUT2D eigenvalue weighted by Crippen LogP contribution is -2.41. The van der Waals surface area contributed by atoms with Crippen molar-refractivity contribution in [1.82, 2.24) is 0 Å². The van der Waals surface area contributed by atoms with Gasteiger partial charge < -0.3 is 5.32 Å². The fraction of sp³-hybridized carbons (Fsp3) is 0.0714. The number of para-hydroxylation sites is 2. The maximum absolute atomic E-state index is 14.1. The number of amides is 2. The fourth-order valence-electron chi connectivity index (χ4n) is 4.25. The average molecular weight is 451 g/mol. The van der Waals surface area contributed by atoms with Crippen molar-refractivity contribution in [2.45, 2.75) is 10.7 Å². The van der Waals surface area contributed by atoms with Crippen molar-refractivity contribution in [2.24, 2.45) is 0 Å². The zero-order valence-electron chi connectivity index (χ0n) is 17.8. The normalized spacial score (nSPS) is 19.9. The van der Waals surface area contributed by atoms with Gasteiger partial charge in [0.15, 0.2) is 4.75 Å². The molecular formula is C28H22N2O2S. The van der Waals surface area contributed by atoms with Crippen molar-refractivity contribution in [3.8, 4) is 0 Å². The number of carbonyl (C=O) groups is 2. The van der Waals surface area contributed by atoms with Crippen LogP contribution in [0.3, 0.4) is 0 Å². The molecule has 1 heterocycles. The number of hydrogen-bond acceptors (Lipinski definition) is 3. The SMILES string of the molecule is O=C1C(c2ccccc2)C(C(=O)Nc2ccccc2)(c2ccccc2)SN1c1ccccc1. The molecule has 0 saturated carbocycles. The Morgan fingerprint density at radius 1 is 0.727 bits per heavy atom. The third-order valence-electron chi connectivity index (χ3n) is 5.78. The molecule has 33 heavy (non-hydrogen) atoms. The summed E-state index contributed by atoms with van der Waals surface area (Å²) >= 11 is 1.27. The van der Waals surface area contributed by atoms with Crippen molar-refractivity contribution in [3.63, 3.8) is 0 Å². The van der Waals surface area contributed by atoms with Crippen LogP contribution in [-0.2, 0) is 14.3 Å². The summed E-state index contributed by atoms with van der Waals surface area (Å²) in [6.45, 7) is 0. The Balaban J connectivity index is 1.70. The first-order valence-electron chi connectivity index (χ1n) is 10.8. The van der Waals surface area contributed by atoms with Gasteiger partial charge in [0.05, 0.1) is 11.6 Å². The van der Waals surface area contributed by atoms with Gasteiger partial charge in [0.25, 0.3) is 0 Å². The molecule has 1 aliphatic heterocycles. The zero-order chi connectivity index (χ0) is 22.7. The first kappa shape index (κ1) is 21.0. The Labute approximate surface area is 197 Å². The van der Waals surface area contributed by atoms with Crippen LogP contribution in [0.5, 0.6) is 0 Å². The molecule has 1 fully saturated rings. The van der Waals surface area contributed by atoms with Crippen molar-refractivity contribution < 1.29 is 9.59 Å². The molecule has 162 valence electrons. The second-order valence-electron chi connectivity index (χ2n) is 7.82. The Morgan fingerprint density at radius 3 is 1.85 bits per heavy atom. The first-order valence-corrected chi connectivity index (χ1v) is 11.5. The number of anilines is 2. The number of rotatable bonds is 5. The fourth-order valence-corrected chi connectivity index (χ4v) is 5.68. The topological polar surface area (TPSA) is 49.4 Å². The second-order valence-corrected chi connectivity index (χ2v) is 9.02. The molecule has 2 unspecified atom stereocenters. The van der Waals surface area contributed by atoms with E-state index >= 15 is 0 Å². The molecule has 2 amide bonds. The van der Waals surface area contributed by atoms with Gasteiger partial charge in [-0.3, -0.25) is 13.9 Å². The van der Waals surface area contributed by atoms with E-state index in [2.05, 4.69) is 5.32 Å². The van der Waals surface area contributed by atoms with Gasteiger partial charge in [-0.2, -0.15) is 0 Å². The van der Waals surface area contributed by atoms with Crippen LogP contribution >= 0.6 is 11.9 Å². The third kappa shape index (κ3) is 3.81. The van der Waals surface area contributed by atoms with Gasteiger partial charge >= 0.3 is 0 Å². The highest BCUT2D eigenvalue weighted by Crippen LogP contribution is 2.57. The molecular weight excluding hydrogens is 428 g/mol. The van der Waals surface area contributed by atoms with Crippen LogP contribution in [0.2, 0.25) is 0 Å². The highest BCUT2D eigenvalue weighted by molar-refractivity contribution is 8.03. The average Bonchev–Trinajstić information content (AvgIpc) is 3.20. The standard InChI is InChI=1S/C28H22N2O2S/c31-26-25(21-13-5-1-6-14-21)28(22-15-7-2-8-16-22,27(32)29-23-17-9-3-10-18-23)33-30(26)24-19-11-4-12-20-24/h1-20,25H,(H,29,32). The highest BCUT2D eigenvalue weighted by Gasteiger charge is 2.60. The molecule has 2 atom stereocenters. The van der Waals surface area contributed by atoms with Crippen LogP contribution in [0.25, 0.3) is 0 Å². The predicted molar refractivity (Wildman–Crippen MR) is 134 cm³/mol. The van der Waals surface area contributed by atoms with Gasteiger partial charge in [-0.25, -0.2) is 0 Å². The molecule has 4 aromatic carbocycles. The summed E-state index contributed by atoms with van der Waals surface area (Å²) in [5.74, 6) is -1.05. The lowest BCUT2D eigenvalue weighted by atomic mass is 9.79. The Bertz CT molecular complexity index is 1250. The quantitative estimate of drug-likeness (QED) is 0.380. The molecule has 4 aromatic rings. The first-order chi connectivity index (χ1) is 16.2. The zero-order valence-corrected chi connectivity index (χ0v) is 18.6. The van der Waals surface area contributed by atoms with Gasteiger partial charge in [-0.15, -0.1) is 0 Å². The molecule has 5 rings (SSSR count). The number of hydrogen-bond donors (Lipinski definition) is 1. The van der Waals surface area contributed by atoms with Crippen LogP contribution in [0.15, 0.2) is 121 Å². The van der Waals surface area contributed by atoms with E-state index in [-0.39, 0.29) is 11.8 Å². The van der Waals surface area contributed by atoms with E-state index in [1.165, 1.54) is 11.9 Å². The van der Waals surface area contributed by atoms with E-state index in [0.717, 1.165) is 16.8 Å². The van der Waals surface area contributed by atoms with Gasteiger partial charge in [-0.05, 0) is 47.3 Å². The molecule has 4 nitrogen and oxygen atoms in total. The summed E-state index contributed by atoms with van der Waals surface area (Å²) < 4.78 is 0.473. The minimum atomic E-state index is -1.19. The summed E-state index contributed by atoms with van der Waals surface area (Å²) in [6.07, 6.45) is 0. The van der Waals surface area contributed by atoms with Crippen LogP contribution in [0, 0.1) is 0 Å². The monoisotopic (exact) mass is 450 g/mol. The van der Waals surface area contributed by atoms with Crippen molar-refractivity contribution in [3.05, 3.63) is 132 Å². The van der Waals surface area contributed by atoms with E-state index in [0.29, 0.717) is 5.69 Å². The molecule has 0 spiro atoms. The van der Waals surface area contributed by atoms with E-state index in [4.69, 9.17) is 0 Å². The predicted octanol–water partition coefficient (Wildman–Crippen LogP) is 6.00. The van der Waals surface area contributed by atoms with Gasteiger partial charge in [0, 0.05) is 5.69 Å². The summed E-state index contributed by atoms with van der Waals surface area (Å²) in [5, 5.41) is 3.08. The van der Waals surface area contributed by atoms with E-state index in [1.54, 1.807) is 4.31 Å². The molecule has 1 N–H and O–H groups in total. The van der Waals surface area contributed by atoms with Crippen LogP contribution in [-0.4, -0.2) is 11.8 Å². The molecule has 0 aromatic heterocycles. The summed E-state index contributed by atoms with van der Waals surface area (Å²) in [6, 6.07) is 38.0. The van der Waals surface area contributed by atoms with Gasteiger partial charge in [0.2, 0.25) is 11.8 Å². The lowest BCUT2D eigenvalue weighted by Gasteiger charge is -2.31. The minimum absolute atomic E-state index is 0.121. The Kier molecular flexibility index (Phi) is 5.71. The number of benzene rings is 4. The molecule has 1 aliphatic rings. The maximum atomic E-state index is 14.1. The largest absolute Gasteiger partial charge is 0.324 e. The number of nitrogens with zero attached hydrogens (tertiary/aromatic N) is 1. The van der Waals surface area contributed by atoms with E-state index in [1.807, 2.05) is 121 Å². The molecule has 5 heteroatoms. The maximum Gasteiger partial charge on any atom is 0.248 e. The summed E-state index contributed by atoms with van der Waals surface area (Å²) in [5.41, 5.74) is 3.03. The second kappa shape index (κ2) is 8.96. The minimum Gasteiger partial charge on any atom is -0.324 e. The summed E-state index contributed by atoms with van der Waals surface area (Å²) in [4.78, 5) is 28.1. The van der Waals surface area contributed by atoms with Gasteiger partial charge in [-0.1, -0.05) is 97.1 Å². The van der Waals surface area contributed by atoms with Crippen molar-refractivity contribution >= 4 is 35.1 Å².